The normalized spacial score (nSPS) is 21.8. The zero-order chi connectivity index (χ0) is 16.3. The highest BCUT2D eigenvalue weighted by molar-refractivity contribution is 7.83. The van der Waals surface area contributed by atoms with E-state index in [9.17, 15) is 4.21 Å². The maximum Gasteiger partial charge on any atom is 0.220 e. The van der Waals surface area contributed by atoms with E-state index >= 15 is 0 Å². The van der Waals surface area contributed by atoms with Crippen molar-refractivity contribution in [2.75, 3.05) is 25.4 Å². The number of nitrogen functional groups attached to an aromatic ring is 1. The van der Waals surface area contributed by atoms with Crippen LogP contribution in [0.1, 0.15) is 32.6 Å². The van der Waals surface area contributed by atoms with Crippen molar-refractivity contribution in [3.05, 3.63) is 24.3 Å². The molecule has 1 saturated carbocycles. The van der Waals surface area contributed by atoms with Gasteiger partial charge in [-0.1, -0.05) is 12.8 Å². The molecule has 4 N–H and O–H groups in total. The predicted octanol–water partition coefficient (Wildman–Crippen LogP) is 1.64. The molecule has 1 aliphatic heterocycles. The summed E-state index contributed by atoms with van der Waals surface area (Å²) in [6, 6.07) is 7.07. The van der Waals surface area contributed by atoms with Crippen molar-refractivity contribution in [1.82, 2.24) is 15.2 Å². The molecule has 2 aliphatic rings. The summed E-state index contributed by atoms with van der Waals surface area (Å²) in [6.07, 6.45) is 5.13. The largest absolute Gasteiger partial charge is 0.399 e. The molecule has 1 unspecified atom stereocenters. The van der Waals surface area contributed by atoms with Gasteiger partial charge < -0.3 is 5.73 Å². The van der Waals surface area contributed by atoms with E-state index in [0.717, 1.165) is 13.1 Å². The molecule has 1 aromatic rings. The van der Waals surface area contributed by atoms with Gasteiger partial charge in [0.25, 0.3) is 0 Å². The van der Waals surface area contributed by atoms with Crippen molar-refractivity contribution in [3.63, 3.8) is 0 Å². The van der Waals surface area contributed by atoms with Crippen LogP contribution in [0.25, 0.3) is 0 Å². The highest BCUT2D eigenvalue weighted by Gasteiger charge is 2.41. The summed E-state index contributed by atoms with van der Waals surface area (Å²) >= 11 is 0. The number of aliphatic imine (C=N–C) groups is 1. The maximum absolute atomic E-state index is 12.5. The third-order valence-corrected chi connectivity index (χ3v) is 5.71. The molecule has 126 valence electrons. The lowest BCUT2D eigenvalue weighted by Crippen LogP contribution is -2.46. The van der Waals surface area contributed by atoms with Gasteiger partial charge in [0.2, 0.25) is 5.96 Å². The van der Waals surface area contributed by atoms with Crippen molar-refractivity contribution < 1.29 is 4.21 Å². The second-order valence-electron chi connectivity index (χ2n) is 6.37. The zero-order valence-electron chi connectivity index (χ0n) is 13.5. The van der Waals surface area contributed by atoms with Crippen LogP contribution in [-0.4, -0.2) is 34.8 Å². The third kappa shape index (κ3) is 3.67. The van der Waals surface area contributed by atoms with Crippen LogP contribution in [0, 0.1) is 5.41 Å². The third-order valence-electron chi connectivity index (χ3n) is 4.64. The number of benzene rings is 1. The minimum Gasteiger partial charge on any atom is -0.399 e. The molecule has 0 amide bonds. The molecule has 6 nitrogen and oxygen atoms in total. The van der Waals surface area contributed by atoms with Gasteiger partial charge in [0.15, 0.2) is 11.0 Å². The van der Waals surface area contributed by atoms with E-state index in [4.69, 9.17) is 5.73 Å². The van der Waals surface area contributed by atoms with Gasteiger partial charge >= 0.3 is 0 Å². The summed E-state index contributed by atoms with van der Waals surface area (Å²) in [5, 5.41) is 2.03. The Balaban J connectivity index is 1.69. The second kappa shape index (κ2) is 6.88. The highest BCUT2D eigenvalue weighted by Crippen LogP contribution is 2.40. The summed E-state index contributed by atoms with van der Waals surface area (Å²) < 4.78 is 15.6. The SMILES string of the molecule is CCN=C(NS(=O)c1ccc(N)cc1)N1CC2(CCCC2)CN1. The van der Waals surface area contributed by atoms with Crippen LogP contribution in [0.5, 0.6) is 0 Å². The Morgan fingerprint density at radius 3 is 2.74 bits per heavy atom. The number of guanidine groups is 1. The Bertz CT molecular complexity index is 595. The number of anilines is 1. The first-order valence-electron chi connectivity index (χ1n) is 8.21. The predicted molar refractivity (Wildman–Crippen MR) is 94.0 cm³/mol. The monoisotopic (exact) mass is 335 g/mol. The van der Waals surface area contributed by atoms with Crippen LogP contribution in [0.2, 0.25) is 0 Å². The molecule has 1 heterocycles. The van der Waals surface area contributed by atoms with Gasteiger partial charge in [-0.3, -0.25) is 14.7 Å². The van der Waals surface area contributed by atoms with Gasteiger partial charge in [-0.2, -0.15) is 0 Å². The fourth-order valence-electron chi connectivity index (χ4n) is 3.38. The van der Waals surface area contributed by atoms with Gasteiger partial charge in [-0.25, -0.2) is 9.63 Å². The van der Waals surface area contributed by atoms with E-state index in [-0.39, 0.29) is 0 Å². The van der Waals surface area contributed by atoms with Gasteiger partial charge in [-0.15, -0.1) is 0 Å². The molecule has 1 aliphatic carbocycles. The molecule has 0 aromatic heterocycles. The fraction of sp³-hybridized carbons (Fsp3) is 0.562. The lowest BCUT2D eigenvalue weighted by Gasteiger charge is -2.24. The molecule has 3 rings (SSSR count). The van der Waals surface area contributed by atoms with Gasteiger partial charge in [0.1, 0.15) is 0 Å². The van der Waals surface area contributed by atoms with Crippen LogP contribution in [0.3, 0.4) is 0 Å². The second-order valence-corrected chi connectivity index (χ2v) is 7.58. The Hall–Kier alpha value is -1.60. The lowest BCUT2D eigenvalue weighted by molar-refractivity contribution is 0.320. The maximum atomic E-state index is 12.5. The number of hydrogen-bond acceptors (Lipinski definition) is 4. The number of nitrogens with one attached hydrogen (secondary N) is 2. The fourth-order valence-corrected chi connectivity index (χ4v) is 4.22. The number of rotatable bonds is 3. The van der Waals surface area contributed by atoms with Crippen molar-refractivity contribution in [2.24, 2.45) is 10.4 Å². The first-order chi connectivity index (χ1) is 11.1. The summed E-state index contributed by atoms with van der Waals surface area (Å²) in [4.78, 5) is 5.19. The number of hydrazine groups is 1. The Labute approximate surface area is 140 Å². The first-order valence-corrected chi connectivity index (χ1v) is 9.36. The molecular formula is C16H25N5OS. The lowest BCUT2D eigenvalue weighted by atomic mass is 9.88. The Morgan fingerprint density at radius 1 is 1.39 bits per heavy atom. The van der Waals surface area contributed by atoms with Crippen LogP contribution < -0.4 is 15.9 Å². The average molecular weight is 335 g/mol. The van der Waals surface area contributed by atoms with Crippen molar-refractivity contribution in [3.8, 4) is 0 Å². The smallest absolute Gasteiger partial charge is 0.220 e. The molecular weight excluding hydrogens is 310 g/mol. The number of nitrogens with zero attached hydrogens (tertiary/aromatic N) is 2. The number of nitrogens with two attached hydrogens (primary N) is 1. The molecule has 0 radical (unpaired) electrons. The van der Waals surface area contributed by atoms with Gasteiger partial charge in [-0.05, 0) is 44.0 Å². The standard InChI is InChI=1S/C16H25N5OS/c1-2-18-15(20-23(22)14-7-5-13(17)6-8-14)21-12-16(11-19-21)9-3-4-10-16/h5-8,19H,2-4,9-12,17H2,1H3,(H,18,20). The van der Waals surface area contributed by atoms with Crippen LogP contribution in [0.4, 0.5) is 5.69 Å². The molecule has 1 saturated heterocycles. The highest BCUT2D eigenvalue weighted by atomic mass is 32.2. The minimum atomic E-state index is -1.35. The molecule has 1 spiro atoms. The summed E-state index contributed by atoms with van der Waals surface area (Å²) in [6.45, 7) is 4.53. The van der Waals surface area contributed by atoms with E-state index < -0.39 is 11.0 Å². The van der Waals surface area contributed by atoms with E-state index in [1.165, 1.54) is 25.7 Å². The van der Waals surface area contributed by atoms with Gasteiger partial charge in [0, 0.05) is 30.7 Å². The van der Waals surface area contributed by atoms with Crippen LogP contribution in [0.15, 0.2) is 34.2 Å². The summed E-state index contributed by atoms with van der Waals surface area (Å²) in [5.41, 5.74) is 10.1. The first kappa shape index (κ1) is 16.3. The van der Waals surface area contributed by atoms with Gasteiger partial charge in [0.05, 0.1) is 4.90 Å². The molecule has 0 bridgehead atoms. The van der Waals surface area contributed by atoms with Crippen molar-refractivity contribution in [1.29, 1.82) is 0 Å². The molecule has 2 fully saturated rings. The van der Waals surface area contributed by atoms with Crippen LogP contribution >= 0.6 is 0 Å². The summed E-state index contributed by atoms with van der Waals surface area (Å²) in [5.74, 6) is 0.659. The van der Waals surface area contributed by atoms with E-state index in [0.29, 0.717) is 28.5 Å². The molecule has 23 heavy (non-hydrogen) atoms. The molecule has 1 aromatic carbocycles. The van der Waals surface area contributed by atoms with E-state index in [1.54, 1.807) is 24.3 Å². The average Bonchev–Trinajstić information content (AvgIpc) is 3.18. The molecule has 1 atom stereocenters. The van der Waals surface area contributed by atoms with E-state index in [2.05, 4.69) is 15.1 Å². The minimum absolute atomic E-state index is 0.360. The topological polar surface area (TPSA) is 82.8 Å². The molecule has 7 heteroatoms. The van der Waals surface area contributed by atoms with Crippen molar-refractivity contribution >= 4 is 22.6 Å². The van der Waals surface area contributed by atoms with E-state index in [1.807, 2.05) is 11.9 Å². The quantitative estimate of drug-likeness (QED) is 0.445. The Kier molecular flexibility index (Phi) is 4.87. The zero-order valence-corrected chi connectivity index (χ0v) is 14.4. The number of hydrogen-bond donors (Lipinski definition) is 3. The van der Waals surface area contributed by atoms with Crippen LogP contribution in [-0.2, 0) is 11.0 Å². The summed E-state index contributed by atoms with van der Waals surface area (Å²) in [7, 11) is -1.35. The van der Waals surface area contributed by atoms with Crippen molar-refractivity contribution in [2.45, 2.75) is 37.5 Å². The Morgan fingerprint density at radius 2 is 2.09 bits per heavy atom.